The van der Waals surface area contributed by atoms with Crippen LogP contribution in [0.25, 0.3) is 0 Å². The van der Waals surface area contributed by atoms with Gasteiger partial charge in [0.15, 0.2) is 6.10 Å². The molecule has 0 spiro atoms. The second kappa shape index (κ2) is 6.21. The number of hydrogen-bond acceptors (Lipinski definition) is 4. The van der Waals surface area contributed by atoms with Crippen molar-refractivity contribution in [1.29, 1.82) is 5.26 Å². The topological polar surface area (TPSA) is 65.4 Å². The molecule has 0 radical (unpaired) electrons. The number of carbonyl (C=O) groups excluding carboxylic acids is 1. The van der Waals surface area contributed by atoms with Crippen LogP contribution in [0.3, 0.4) is 0 Å². The first-order chi connectivity index (χ1) is 9.22. The summed E-state index contributed by atoms with van der Waals surface area (Å²) in [7, 11) is 0. The average Bonchev–Trinajstić information content (AvgIpc) is 2.48. The lowest BCUT2D eigenvalue weighted by atomic mass is 10.2. The Labute approximate surface area is 112 Å². The van der Waals surface area contributed by atoms with Crippen molar-refractivity contribution in [2.75, 3.05) is 26.2 Å². The molecule has 1 atom stereocenters. The van der Waals surface area contributed by atoms with Gasteiger partial charge >= 0.3 is 0 Å². The normalized spacial score (nSPS) is 16.5. The Hall–Kier alpha value is -2.06. The number of nitriles is 1. The Balaban J connectivity index is 2.02. The molecule has 1 unspecified atom stereocenters. The van der Waals surface area contributed by atoms with Crippen molar-refractivity contribution in [2.24, 2.45) is 0 Å². The van der Waals surface area contributed by atoms with E-state index >= 15 is 0 Å². The van der Waals surface area contributed by atoms with Crippen LogP contribution in [0.5, 0.6) is 5.75 Å². The number of rotatable bonds is 3. The number of hydrogen-bond donors (Lipinski definition) is 1. The highest BCUT2D eigenvalue weighted by molar-refractivity contribution is 5.81. The van der Waals surface area contributed by atoms with Gasteiger partial charge in [-0.2, -0.15) is 5.26 Å². The molecule has 1 aromatic carbocycles. The molecule has 0 saturated carbocycles. The second-order valence-electron chi connectivity index (χ2n) is 4.44. The number of piperazine rings is 1. The maximum atomic E-state index is 12.2. The van der Waals surface area contributed by atoms with E-state index in [2.05, 4.69) is 11.4 Å². The van der Waals surface area contributed by atoms with E-state index in [4.69, 9.17) is 10.00 Å². The standard InChI is InChI=1S/C14H17N3O2/c1-11(14(18)17-8-6-16-7-9-17)19-13-5-3-2-4-12(13)10-15/h2-5,11,16H,6-9H2,1H3. The van der Waals surface area contributed by atoms with Gasteiger partial charge in [0.05, 0.1) is 5.56 Å². The summed E-state index contributed by atoms with van der Waals surface area (Å²) in [4.78, 5) is 14.0. The number of benzene rings is 1. The van der Waals surface area contributed by atoms with Crippen molar-refractivity contribution in [3.8, 4) is 11.8 Å². The van der Waals surface area contributed by atoms with Crippen LogP contribution >= 0.6 is 0 Å². The van der Waals surface area contributed by atoms with Crippen LogP contribution in [0.4, 0.5) is 0 Å². The molecule has 2 rings (SSSR count). The van der Waals surface area contributed by atoms with Gasteiger partial charge in [0.25, 0.3) is 5.91 Å². The monoisotopic (exact) mass is 259 g/mol. The highest BCUT2D eigenvalue weighted by Gasteiger charge is 2.23. The van der Waals surface area contributed by atoms with Crippen LogP contribution in [-0.4, -0.2) is 43.1 Å². The molecule has 1 amide bonds. The Morgan fingerprint density at radius 1 is 1.42 bits per heavy atom. The van der Waals surface area contributed by atoms with Crippen LogP contribution in [0, 0.1) is 11.3 Å². The zero-order valence-corrected chi connectivity index (χ0v) is 10.9. The number of nitrogens with zero attached hydrogens (tertiary/aromatic N) is 2. The van der Waals surface area contributed by atoms with Crippen LogP contribution in [-0.2, 0) is 4.79 Å². The maximum absolute atomic E-state index is 12.2. The molecule has 1 aromatic rings. The molecule has 1 N–H and O–H groups in total. The molecule has 1 aliphatic rings. The number of amides is 1. The Morgan fingerprint density at radius 2 is 2.11 bits per heavy atom. The fraction of sp³-hybridized carbons (Fsp3) is 0.429. The van der Waals surface area contributed by atoms with E-state index in [1.807, 2.05) is 0 Å². The molecule has 100 valence electrons. The minimum atomic E-state index is -0.576. The van der Waals surface area contributed by atoms with Crippen molar-refractivity contribution in [1.82, 2.24) is 10.2 Å². The van der Waals surface area contributed by atoms with E-state index in [1.165, 1.54) is 0 Å². The van der Waals surface area contributed by atoms with Crippen molar-refractivity contribution in [2.45, 2.75) is 13.0 Å². The Bertz CT molecular complexity index is 490. The summed E-state index contributed by atoms with van der Waals surface area (Å²) in [6.45, 7) is 4.75. The molecule has 19 heavy (non-hydrogen) atoms. The maximum Gasteiger partial charge on any atom is 0.263 e. The fourth-order valence-electron chi connectivity index (χ4n) is 2.04. The molecular formula is C14H17N3O2. The van der Waals surface area contributed by atoms with Crippen LogP contribution in [0.2, 0.25) is 0 Å². The van der Waals surface area contributed by atoms with E-state index in [-0.39, 0.29) is 5.91 Å². The van der Waals surface area contributed by atoms with Gasteiger partial charge in [-0.25, -0.2) is 0 Å². The van der Waals surface area contributed by atoms with E-state index in [0.717, 1.165) is 13.1 Å². The minimum absolute atomic E-state index is 0.0331. The number of carbonyl (C=O) groups is 1. The van der Waals surface area contributed by atoms with E-state index in [1.54, 1.807) is 36.1 Å². The average molecular weight is 259 g/mol. The van der Waals surface area contributed by atoms with Crippen LogP contribution in [0.1, 0.15) is 12.5 Å². The molecule has 0 aliphatic carbocycles. The smallest absolute Gasteiger partial charge is 0.263 e. The number of ether oxygens (including phenoxy) is 1. The molecule has 1 saturated heterocycles. The summed E-state index contributed by atoms with van der Waals surface area (Å²) in [5.74, 6) is 0.426. The van der Waals surface area contributed by atoms with Gasteiger partial charge in [0.2, 0.25) is 0 Å². The lowest BCUT2D eigenvalue weighted by Gasteiger charge is -2.29. The molecule has 5 nitrogen and oxygen atoms in total. The van der Waals surface area contributed by atoms with Crippen molar-refractivity contribution < 1.29 is 9.53 Å². The van der Waals surface area contributed by atoms with Gasteiger partial charge < -0.3 is 15.0 Å². The fourth-order valence-corrected chi connectivity index (χ4v) is 2.04. The van der Waals surface area contributed by atoms with Gasteiger partial charge in [-0.1, -0.05) is 12.1 Å². The summed E-state index contributed by atoms with van der Waals surface area (Å²) in [5.41, 5.74) is 0.447. The van der Waals surface area contributed by atoms with E-state index < -0.39 is 6.10 Å². The van der Waals surface area contributed by atoms with Crippen molar-refractivity contribution in [3.63, 3.8) is 0 Å². The number of para-hydroxylation sites is 1. The molecule has 1 heterocycles. The second-order valence-corrected chi connectivity index (χ2v) is 4.44. The highest BCUT2D eigenvalue weighted by Crippen LogP contribution is 2.18. The summed E-state index contributed by atoms with van der Waals surface area (Å²) < 4.78 is 5.62. The van der Waals surface area contributed by atoms with Crippen LogP contribution < -0.4 is 10.1 Å². The third-order valence-electron chi connectivity index (χ3n) is 3.09. The minimum Gasteiger partial charge on any atom is -0.480 e. The van der Waals surface area contributed by atoms with Crippen LogP contribution in [0.15, 0.2) is 24.3 Å². The first-order valence-electron chi connectivity index (χ1n) is 6.37. The SMILES string of the molecule is CC(Oc1ccccc1C#N)C(=O)N1CCNCC1. The molecule has 1 fully saturated rings. The molecule has 1 aliphatic heterocycles. The summed E-state index contributed by atoms with van der Waals surface area (Å²) >= 11 is 0. The predicted octanol–water partition coefficient (Wildman–Crippen LogP) is 0.757. The lowest BCUT2D eigenvalue weighted by Crippen LogP contribution is -2.50. The zero-order valence-electron chi connectivity index (χ0n) is 10.9. The third-order valence-corrected chi connectivity index (χ3v) is 3.09. The largest absolute Gasteiger partial charge is 0.480 e. The molecule has 0 aromatic heterocycles. The molecule has 5 heteroatoms. The van der Waals surface area contributed by atoms with Gasteiger partial charge in [-0.05, 0) is 19.1 Å². The van der Waals surface area contributed by atoms with E-state index in [9.17, 15) is 4.79 Å². The van der Waals surface area contributed by atoms with Crippen molar-refractivity contribution in [3.05, 3.63) is 29.8 Å². The Morgan fingerprint density at radius 3 is 2.79 bits per heavy atom. The first-order valence-corrected chi connectivity index (χ1v) is 6.37. The lowest BCUT2D eigenvalue weighted by molar-refractivity contribution is -0.138. The molecule has 0 bridgehead atoms. The predicted molar refractivity (Wildman–Crippen MR) is 70.7 cm³/mol. The quantitative estimate of drug-likeness (QED) is 0.870. The van der Waals surface area contributed by atoms with E-state index in [0.29, 0.717) is 24.4 Å². The third kappa shape index (κ3) is 3.24. The van der Waals surface area contributed by atoms with Crippen molar-refractivity contribution >= 4 is 5.91 Å². The van der Waals surface area contributed by atoms with Gasteiger partial charge in [-0.3, -0.25) is 4.79 Å². The highest BCUT2D eigenvalue weighted by atomic mass is 16.5. The van der Waals surface area contributed by atoms with Gasteiger partial charge in [-0.15, -0.1) is 0 Å². The number of nitrogens with one attached hydrogen (secondary N) is 1. The first kappa shape index (κ1) is 13.4. The summed E-state index contributed by atoms with van der Waals surface area (Å²) in [5, 5.41) is 12.2. The zero-order chi connectivity index (χ0) is 13.7. The summed E-state index contributed by atoms with van der Waals surface area (Å²) in [6.07, 6.45) is -0.576. The Kier molecular flexibility index (Phi) is 4.37. The van der Waals surface area contributed by atoms with Gasteiger partial charge in [0, 0.05) is 26.2 Å². The van der Waals surface area contributed by atoms with Gasteiger partial charge in [0.1, 0.15) is 11.8 Å². The summed E-state index contributed by atoms with van der Waals surface area (Å²) in [6, 6.07) is 9.01. The molecular weight excluding hydrogens is 242 g/mol.